The van der Waals surface area contributed by atoms with Gasteiger partial charge in [-0.2, -0.15) is 14.6 Å². The molecule has 0 bridgehead atoms. The Kier molecular flexibility index (Phi) is 2.81. The van der Waals surface area contributed by atoms with Gasteiger partial charge in [0.25, 0.3) is 5.78 Å². The Labute approximate surface area is 109 Å². The first-order valence-corrected chi connectivity index (χ1v) is 6.31. The minimum atomic E-state index is -0.786. The van der Waals surface area contributed by atoms with Crippen molar-refractivity contribution in [3.63, 3.8) is 0 Å². The molecule has 1 aliphatic carbocycles. The summed E-state index contributed by atoms with van der Waals surface area (Å²) in [4.78, 5) is 21.3. The number of aliphatic carboxylic acids is 1. The maximum absolute atomic E-state index is 10.8. The fourth-order valence-electron chi connectivity index (χ4n) is 2.20. The molecule has 0 saturated heterocycles. The number of anilines is 1. The fraction of sp³-hybridized carbons (Fsp3) is 0.500. The van der Waals surface area contributed by atoms with Crippen molar-refractivity contribution in [3.05, 3.63) is 18.1 Å². The van der Waals surface area contributed by atoms with E-state index in [0.717, 1.165) is 24.4 Å². The molecule has 0 radical (unpaired) electrons. The highest BCUT2D eigenvalue weighted by atomic mass is 16.4. The topological polar surface area (TPSA) is 83.6 Å². The highest BCUT2D eigenvalue weighted by Gasteiger charge is 2.31. The van der Waals surface area contributed by atoms with Gasteiger partial charge < -0.3 is 10.0 Å². The van der Waals surface area contributed by atoms with Crippen LogP contribution in [0.15, 0.2) is 12.4 Å². The number of carboxylic acid groups (broad SMARTS) is 1. The molecule has 0 unspecified atom stereocenters. The summed E-state index contributed by atoms with van der Waals surface area (Å²) < 4.78 is 1.67. The molecule has 1 saturated carbocycles. The molecule has 3 rings (SSSR count). The maximum Gasteiger partial charge on any atom is 0.305 e. The van der Waals surface area contributed by atoms with Crippen LogP contribution in [0.2, 0.25) is 0 Å². The molecule has 1 aliphatic rings. The molecule has 1 fully saturated rings. The van der Waals surface area contributed by atoms with E-state index >= 15 is 0 Å². The molecule has 0 atom stereocenters. The molecule has 2 aromatic rings. The molecular formula is C12H15N5O2. The van der Waals surface area contributed by atoms with Gasteiger partial charge >= 0.3 is 5.97 Å². The molecule has 7 heteroatoms. The Morgan fingerprint density at radius 2 is 2.37 bits per heavy atom. The zero-order valence-electron chi connectivity index (χ0n) is 10.7. The highest BCUT2D eigenvalue weighted by Crippen LogP contribution is 2.31. The Hall–Kier alpha value is -2.18. The molecule has 0 aliphatic heterocycles. The number of nitrogens with zero attached hydrogens (tertiary/aromatic N) is 5. The molecule has 0 amide bonds. The van der Waals surface area contributed by atoms with Crippen LogP contribution < -0.4 is 4.90 Å². The van der Waals surface area contributed by atoms with Gasteiger partial charge in [-0.05, 0) is 19.8 Å². The maximum atomic E-state index is 10.8. The van der Waals surface area contributed by atoms with Crippen LogP contribution >= 0.6 is 0 Å². The highest BCUT2D eigenvalue weighted by molar-refractivity contribution is 5.67. The van der Waals surface area contributed by atoms with Gasteiger partial charge in [-0.15, -0.1) is 0 Å². The second-order valence-electron chi connectivity index (χ2n) is 4.80. The first-order valence-electron chi connectivity index (χ1n) is 6.31. The summed E-state index contributed by atoms with van der Waals surface area (Å²) in [6.07, 6.45) is 3.77. The summed E-state index contributed by atoms with van der Waals surface area (Å²) in [5, 5.41) is 13.0. The number of aryl methyl sites for hydroxylation is 1. The van der Waals surface area contributed by atoms with E-state index in [1.54, 1.807) is 4.52 Å². The average molecular weight is 261 g/mol. The second-order valence-corrected chi connectivity index (χ2v) is 4.80. The average Bonchev–Trinajstić information content (AvgIpc) is 3.07. The van der Waals surface area contributed by atoms with E-state index in [4.69, 9.17) is 5.11 Å². The Morgan fingerprint density at radius 3 is 3.05 bits per heavy atom. The van der Waals surface area contributed by atoms with Gasteiger partial charge in [0.15, 0.2) is 0 Å². The first-order chi connectivity index (χ1) is 9.15. The van der Waals surface area contributed by atoms with Crippen LogP contribution in [-0.2, 0) is 4.79 Å². The number of hydrogen-bond donors (Lipinski definition) is 1. The summed E-state index contributed by atoms with van der Waals surface area (Å²) in [7, 11) is 0. The smallest absolute Gasteiger partial charge is 0.305 e. The number of hydrogen-bond acceptors (Lipinski definition) is 5. The lowest BCUT2D eigenvalue weighted by molar-refractivity contribution is -0.136. The van der Waals surface area contributed by atoms with Crippen LogP contribution in [0.5, 0.6) is 0 Å². The zero-order chi connectivity index (χ0) is 13.4. The van der Waals surface area contributed by atoms with Crippen molar-refractivity contribution in [2.45, 2.75) is 32.2 Å². The lowest BCUT2D eigenvalue weighted by Crippen LogP contribution is -2.30. The van der Waals surface area contributed by atoms with Gasteiger partial charge in [0.1, 0.15) is 12.1 Å². The Morgan fingerprint density at radius 1 is 1.58 bits per heavy atom. The summed E-state index contributed by atoms with van der Waals surface area (Å²) in [6, 6.07) is 2.34. The number of carbonyl (C=O) groups is 1. The van der Waals surface area contributed by atoms with E-state index in [9.17, 15) is 4.79 Å². The lowest BCUT2D eigenvalue weighted by atomic mass is 10.3. The molecule has 19 heavy (non-hydrogen) atoms. The van der Waals surface area contributed by atoms with Crippen LogP contribution in [0.1, 0.15) is 25.0 Å². The van der Waals surface area contributed by atoms with E-state index < -0.39 is 5.97 Å². The first kappa shape index (κ1) is 11.9. The number of aromatic nitrogens is 4. The van der Waals surface area contributed by atoms with Crippen LogP contribution in [0.4, 0.5) is 5.82 Å². The van der Waals surface area contributed by atoms with Crippen molar-refractivity contribution < 1.29 is 9.90 Å². The Balaban J connectivity index is 1.99. The van der Waals surface area contributed by atoms with E-state index in [-0.39, 0.29) is 6.42 Å². The lowest BCUT2D eigenvalue weighted by Gasteiger charge is -2.24. The van der Waals surface area contributed by atoms with Crippen molar-refractivity contribution in [3.8, 4) is 0 Å². The molecule has 2 aromatic heterocycles. The third-order valence-corrected chi connectivity index (χ3v) is 3.21. The fourth-order valence-corrected chi connectivity index (χ4v) is 2.20. The zero-order valence-corrected chi connectivity index (χ0v) is 10.7. The van der Waals surface area contributed by atoms with Crippen LogP contribution in [0.3, 0.4) is 0 Å². The molecular weight excluding hydrogens is 246 g/mol. The number of rotatable bonds is 5. The molecule has 100 valence electrons. The standard InChI is InChI=1S/C12H15N5O2/c1-8-6-10(17-12(15-8)13-7-14-17)16(9-2-3-9)5-4-11(18)19/h6-7,9H,2-5H2,1H3,(H,18,19). The molecule has 7 nitrogen and oxygen atoms in total. The van der Waals surface area contributed by atoms with E-state index in [2.05, 4.69) is 20.0 Å². The van der Waals surface area contributed by atoms with E-state index in [1.165, 1.54) is 6.33 Å². The number of carboxylic acids is 1. The van der Waals surface area contributed by atoms with Crippen molar-refractivity contribution in [1.29, 1.82) is 0 Å². The van der Waals surface area contributed by atoms with Gasteiger partial charge in [0, 0.05) is 24.3 Å². The Bertz CT molecular complexity index is 620. The van der Waals surface area contributed by atoms with Crippen LogP contribution in [-0.4, -0.2) is 43.2 Å². The molecule has 0 aromatic carbocycles. The molecule has 2 heterocycles. The predicted molar refractivity (Wildman–Crippen MR) is 68.1 cm³/mol. The van der Waals surface area contributed by atoms with Gasteiger partial charge in [-0.3, -0.25) is 4.79 Å². The SMILES string of the molecule is Cc1cc(N(CCC(=O)O)C2CC2)n2ncnc2n1. The quantitative estimate of drug-likeness (QED) is 0.860. The summed E-state index contributed by atoms with van der Waals surface area (Å²) in [5.74, 6) is 0.644. The van der Waals surface area contributed by atoms with Gasteiger partial charge in [-0.1, -0.05) is 0 Å². The van der Waals surface area contributed by atoms with Crippen molar-refractivity contribution in [2.24, 2.45) is 0 Å². The summed E-state index contributed by atoms with van der Waals surface area (Å²) in [6.45, 7) is 2.39. The van der Waals surface area contributed by atoms with Crippen LogP contribution in [0, 0.1) is 6.92 Å². The van der Waals surface area contributed by atoms with Crippen molar-refractivity contribution >= 4 is 17.6 Å². The van der Waals surface area contributed by atoms with Crippen molar-refractivity contribution in [2.75, 3.05) is 11.4 Å². The predicted octanol–water partition coefficient (Wildman–Crippen LogP) is 0.876. The van der Waals surface area contributed by atoms with E-state index in [1.807, 2.05) is 13.0 Å². The monoisotopic (exact) mass is 261 g/mol. The van der Waals surface area contributed by atoms with Gasteiger partial charge in [0.05, 0.1) is 6.42 Å². The summed E-state index contributed by atoms with van der Waals surface area (Å²) in [5.41, 5.74) is 0.858. The minimum Gasteiger partial charge on any atom is -0.481 e. The third kappa shape index (κ3) is 2.35. The van der Waals surface area contributed by atoms with Gasteiger partial charge in [-0.25, -0.2) is 4.98 Å². The second kappa shape index (κ2) is 4.49. The molecule has 1 N–H and O–H groups in total. The largest absolute Gasteiger partial charge is 0.481 e. The molecule has 0 spiro atoms. The van der Waals surface area contributed by atoms with E-state index in [0.29, 0.717) is 18.4 Å². The van der Waals surface area contributed by atoms with Crippen molar-refractivity contribution in [1.82, 2.24) is 19.6 Å². The summed E-state index contributed by atoms with van der Waals surface area (Å²) >= 11 is 0. The normalized spacial score (nSPS) is 14.8. The van der Waals surface area contributed by atoms with Crippen LogP contribution in [0.25, 0.3) is 5.78 Å². The number of fused-ring (bicyclic) bond motifs is 1. The minimum absolute atomic E-state index is 0.119. The third-order valence-electron chi connectivity index (χ3n) is 3.21. The van der Waals surface area contributed by atoms with Gasteiger partial charge in [0.2, 0.25) is 0 Å².